The molecule has 1 radical (unpaired) electrons. The minimum absolute atomic E-state index is 0.125. The van der Waals surface area contributed by atoms with Crippen molar-refractivity contribution >= 4 is 0 Å². The molecule has 0 rings (SSSR count). The monoisotopic (exact) mass is 100 g/mol. The van der Waals surface area contributed by atoms with Gasteiger partial charge in [0.15, 0.2) is 0 Å². The summed E-state index contributed by atoms with van der Waals surface area (Å²) in [6.45, 7) is 7.94. The molecular formula is C6H14N. The van der Waals surface area contributed by atoms with Crippen LogP contribution in [0.5, 0.6) is 0 Å². The van der Waals surface area contributed by atoms with Gasteiger partial charge in [-0.05, 0) is 19.3 Å². The topological polar surface area (TPSA) is 26.0 Å². The Labute approximate surface area is 45.9 Å². The van der Waals surface area contributed by atoms with Crippen molar-refractivity contribution in [2.24, 2.45) is 11.7 Å². The Kier molecular flexibility index (Phi) is 3.01. The van der Waals surface area contributed by atoms with Crippen molar-refractivity contribution < 1.29 is 0 Å². The van der Waals surface area contributed by atoms with Gasteiger partial charge in [-0.1, -0.05) is 13.8 Å². The van der Waals surface area contributed by atoms with Crippen LogP contribution in [0.15, 0.2) is 0 Å². The van der Waals surface area contributed by atoms with Crippen molar-refractivity contribution in [2.45, 2.75) is 26.3 Å². The van der Waals surface area contributed by atoms with Crippen molar-refractivity contribution in [3.05, 3.63) is 6.92 Å². The number of nitrogens with two attached hydrogens (primary N) is 1. The molecule has 0 aromatic rings. The van der Waals surface area contributed by atoms with Gasteiger partial charge in [0.1, 0.15) is 0 Å². The average Bonchev–Trinajstić information content (AvgIpc) is 1.27. The Hall–Kier alpha value is -0.0400. The molecule has 1 unspecified atom stereocenters. The predicted molar refractivity (Wildman–Crippen MR) is 32.8 cm³/mol. The highest BCUT2D eigenvalue weighted by molar-refractivity contribution is 4.63. The zero-order valence-corrected chi connectivity index (χ0v) is 5.15. The maximum atomic E-state index is 5.38. The van der Waals surface area contributed by atoms with Crippen LogP contribution in [0, 0.1) is 12.8 Å². The summed E-state index contributed by atoms with van der Waals surface area (Å²) in [5.41, 5.74) is 5.38. The highest BCUT2D eigenvalue weighted by Gasteiger charge is 1.96. The van der Waals surface area contributed by atoms with Crippen molar-refractivity contribution in [2.75, 3.05) is 0 Å². The van der Waals surface area contributed by atoms with Crippen LogP contribution in [-0.4, -0.2) is 6.04 Å². The van der Waals surface area contributed by atoms with Gasteiger partial charge >= 0.3 is 0 Å². The van der Waals surface area contributed by atoms with Crippen molar-refractivity contribution in [3.63, 3.8) is 0 Å². The van der Waals surface area contributed by atoms with Crippen LogP contribution < -0.4 is 5.73 Å². The van der Waals surface area contributed by atoms with Gasteiger partial charge in [0.2, 0.25) is 0 Å². The van der Waals surface area contributed by atoms with Gasteiger partial charge in [-0.25, -0.2) is 0 Å². The molecule has 0 fully saturated rings. The molecule has 0 saturated heterocycles. The van der Waals surface area contributed by atoms with Crippen LogP contribution in [0.1, 0.15) is 20.3 Å². The third-order valence-electron chi connectivity index (χ3n) is 0.774. The first-order valence-electron chi connectivity index (χ1n) is 2.71. The van der Waals surface area contributed by atoms with Crippen LogP contribution in [0.4, 0.5) is 0 Å². The van der Waals surface area contributed by atoms with E-state index in [2.05, 4.69) is 20.8 Å². The van der Waals surface area contributed by atoms with Crippen molar-refractivity contribution in [1.82, 2.24) is 0 Å². The Morgan fingerprint density at radius 3 is 2.00 bits per heavy atom. The van der Waals surface area contributed by atoms with Gasteiger partial charge in [0.25, 0.3) is 0 Å². The maximum absolute atomic E-state index is 5.38. The third kappa shape index (κ3) is 5.96. The lowest BCUT2D eigenvalue weighted by Crippen LogP contribution is -2.17. The largest absolute Gasteiger partial charge is 0.328 e. The van der Waals surface area contributed by atoms with Crippen LogP contribution in [0.3, 0.4) is 0 Å². The van der Waals surface area contributed by atoms with Gasteiger partial charge < -0.3 is 5.73 Å². The lowest BCUT2D eigenvalue weighted by atomic mass is 10.1. The molecule has 0 amide bonds. The van der Waals surface area contributed by atoms with Gasteiger partial charge in [0.05, 0.1) is 0 Å². The standard InChI is InChI=1S/C6H14N/c1-5(2)4-6(3)7/h5-6H,3-4,7H2,1-2H3. The smallest absolute Gasteiger partial charge is 0.00418 e. The fraction of sp³-hybridized carbons (Fsp3) is 0.833. The van der Waals surface area contributed by atoms with E-state index in [4.69, 9.17) is 5.73 Å². The van der Waals surface area contributed by atoms with Crippen LogP contribution in [0.25, 0.3) is 0 Å². The molecule has 0 heterocycles. The number of hydrogen-bond acceptors (Lipinski definition) is 1. The first kappa shape index (κ1) is 6.96. The minimum atomic E-state index is 0.125. The Morgan fingerprint density at radius 2 is 2.00 bits per heavy atom. The molecule has 0 aromatic carbocycles. The van der Waals surface area contributed by atoms with E-state index in [0.717, 1.165) is 6.42 Å². The first-order chi connectivity index (χ1) is 3.13. The second kappa shape index (κ2) is 3.03. The second-order valence-corrected chi connectivity index (χ2v) is 2.39. The van der Waals surface area contributed by atoms with Crippen LogP contribution in [0.2, 0.25) is 0 Å². The molecule has 0 spiro atoms. The molecular weight excluding hydrogens is 86.1 g/mol. The third-order valence-corrected chi connectivity index (χ3v) is 0.774. The predicted octanol–water partition coefficient (Wildman–Crippen LogP) is 1.19. The number of rotatable bonds is 2. The van der Waals surface area contributed by atoms with E-state index in [-0.39, 0.29) is 6.04 Å². The maximum Gasteiger partial charge on any atom is 0.00418 e. The highest BCUT2D eigenvalue weighted by atomic mass is 14.6. The van der Waals surface area contributed by atoms with Gasteiger partial charge in [-0.3, -0.25) is 0 Å². The SMILES string of the molecule is [CH2]C(N)CC(C)C. The van der Waals surface area contributed by atoms with Gasteiger partial charge in [-0.15, -0.1) is 0 Å². The lowest BCUT2D eigenvalue weighted by Gasteiger charge is -2.05. The molecule has 0 saturated carbocycles. The molecule has 0 aliphatic rings. The molecule has 2 N–H and O–H groups in total. The lowest BCUT2D eigenvalue weighted by molar-refractivity contribution is 0.544. The van der Waals surface area contributed by atoms with E-state index in [1.165, 1.54) is 0 Å². The molecule has 1 atom stereocenters. The summed E-state index contributed by atoms with van der Waals surface area (Å²) < 4.78 is 0. The molecule has 0 bridgehead atoms. The van der Waals surface area contributed by atoms with E-state index in [1.54, 1.807) is 0 Å². The summed E-state index contributed by atoms with van der Waals surface area (Å²) in [5.74, 6) is 0.687. The molecule has 43 valence electrons. The van der Waals surface area contributed by atoms with Gasteiger partial charge in [-0.2, -0.15) is 0 Å². The van der Waals surface area contributed by atoms with Crippen molar-refractivity contribution in [1.29, 1.82) is 0 Å². The van der Waals surface area contributed by atoms with Crippen LogP contribution in [-0.2, 0) is 0 Å². The van der Waals surface area contributed by atoms with Gasteiger partial charge in [0, 0.05) is 6.04 Å². The molecule has 0 aliphatic heterocycles. The fourth-order valence-electron chi connectivity index (χ4n) is 0.605. The Bertz CT molecular complexity index is 33.4. The fourth-order valence-corrected chi connectivity index (χ4v) is 0.605. The molecule has 7 heavy (non-hydrogen) atoms. The molecule has 0 aliphatic carbocycles. The van der Waals surface area contributed by atoms with E-state index in [1.807, 2.05) is 0 Å². The summed E-state index contributed by atoms with van der Waals surface area (Å²) in [5, 5.41) is 0. The zero-order valence-electron chi connectivity index (χ0n) is 5.15. The minimum Gasteiger partial charge on any atom is -0.328 e. The van der Waals surface area contributed by atoms with E-state index in [9.17, 15) is 0 Å². The molecule has 1 heteroatoms. The zero-order chi connectivity index (χ0) is 5.86. The first-order valence-corrected chi connectivity index (χ1v) is 2.71. The average molecular weight is 100 g/mol. The summed E-state index contributed by atoms with van der Waals surface area (Å²) >= 11 is 0. The highest BCUT2D eigenvalue weighted by Crippen LogP contribution is 1.99. The number of hydrogen-bond donors (Lipinski definition) is 1. The summed E-state index contributed by atoms with van der Waals surface area (Å²) in [6, 6.07) is 0.125. The van der Waals surface area contributed by atoms with E-state index >= 15 is 0 Å². The van der Waals surface area contributed by atoms with Crippen molar-refractivity contribution in [3.8, 4) is 0 Å². The summed E-state index contributed by atoms with van der Waals surface area (Å²) in [6.07, 6.45) is 1.03. The Balaban J connectivity index is 2.95. The van der Waals surface area contributed by atoms with E-state index in [0.29, 0.717) is 5.92 Å². The Morgan fingerprint density at radius 1 is 1.57 bits per heavy atom. The van der Waals surface area contributed by atoms with E-state index < -0.39 is 0 Å². The van der Waals surface area contributed by atoms with Crippen LogP contribution >= 0.6 is 0 Å². The second-order valence-electron chi connectivity index (χ2n) is 2.39. The normalized spacial score (nSPS) is 15.0. The summed E-state index contributed by atoms with van der Waals surface area (Å²) in [4.78, 5) is 0. The molecule has 0 aromatic heterocycles. The molecule has 1 nitrogen and oxygen atoms in total. The quantitative estimate of drug-likeness (QED) is 0.554. The summed E-state index contributed by atoms with van der Waals surface area (Å²) in [7, 11) is 0.